The summed E-state index contributed by atoms with van der Waals surface area (Å²) in [5, 5.41) is 6.64. The Labute approximate surface area is 93.5 Å². The molecule has 6 heteroatoms. The normalized spacial score (nSPS) is 10.4. The van der Waals surface area contributed by atoms with Gasteiger partial charge in [0.2, 0.25) is 11.0 Å². The van der Waals surface area contributed by atoms with E-state index in [9.17, 15) is 4.79 Å². The topological polar surface area (TPSA) is 66.9 Å². The number of hydrogen-bond acceptors (Lipinski definition) is 5. The van der Waals surface area contributed by atoms with Crippen LogP contribution in [0.3, 0.4) is 0 Å². The van der Waals surface area contributed by atoms with Crippen LogP contribution in [-0.4, -0.2) is 27.9 Å². The zero-order valence-electron chi connectivity index (χ0n) is 9.20. The SMILES string of the molecule is Cc1nsc(NCCC(=O)NC(C)C)n1. The maximum atomic E-state index is 11.3. The molecule has 84 valence electrons. The van der Waals surface area contributed by atoms with E-state index in [4.69, 9.17) is 0 Å². The number of amides is 1. The van der Waals surface area contributed by atoms with E-state index in [1.54, 1.807) is 0 Å². The minimum atomic E-state index is 0.0544. The fourth-order valence-electron chi connectivity index (χ4n) is 1.05. The van der Waals surface area contributed by atoms with Crippen molar-refractivity contribution in [1.29, 1.82) is 0 Å². The van der Waals surface area contributed by atoms with Crippen LogP contribution in [0.15, 0.2) is 0 Å². The zero-order chi connectivity index (χ0) is 11.3. The molecule has 15 heavy (non-hydrogen) atoms. The van der Waals surface area contributed by atoms with Gasteiger partial charge in [-0.25, -0.2) is 4.98 Å². The number of hydrogen-bond donors (Lipinski definition) is 2. The number of rotatable bonds is 5. The molecule has 1 aromatic heterocycles. The van der Waals surface area contributed by atoms with Gasteiger partial charge in [-0.1, -0.05) is 0 Å². The van der Waals surface area contributed by atoms with E-state index in [1.165, 1.54) is 11.5 Å². The lowest BCUT2D eigenvalue weighted by atomic mass is 10.3. The molecule has 0 aliphatic carbocycles. The molecule has 0 aliphatic rings. The van der Waals surface area contributed by atoms with Crippen molar-refractivity contribution >= 4 is 22.6 Å². The highest BCUT2D eigenvalue weighted by Crippen LogP contribution is 2.09. The first-order chi connectivity index (χ1) is 7.08. The largest absolute Gasteiger partial charge is 0.360 e. The fourth-order valence-corrected chi connectivity index (χ4v) is 1.64. The van der Waals surface area contributed by atoms with Crippen LogP contribution in [0.25, 0.3) is 0 Å². The molecule has 0 saturated heterocycles. The van der Waals surface area contributed by atoms with Gasteiger partial charge in [0.25, 0.3) is 0 Å². The smallest absolute Gasteiger partial charge is 0.221 e. The predicted molar refractivity (Wildman–Crippen MR) is 61.0 cm³/mol. The van der Waals surface area contributed by atoms with Crippen molar-refractivity contribution in [2.24, 2.45) is 0 Å². The average Bonchev–Trinajstić information content (AvgIpc) is 2.50. The lowest BCUT2D eigenvalue weighted by Gasteiger charge is -2.07. The Morgan fingerprint density at radius 1 is 1.53 bits per heavy atom. The maximum absolute atomic E-state index is 11.3. The maximum Gasteiger partial charge on any atom is 0.221 e. The van der Waals surface area contributed by atoms with Gasteiger partial charge < -0.3 is 10.6 Å². The van der Waals surface area contributed by atoms with Gasteiger partial charge in [-0.2, -0.15) is 4.37 Å². The summed E-state index contributed by atoms with van der Waals surface area (Å²) in [6, 6.07) is 0.196. The summed E-state index contributed by atoms with van der Waals surface area (Å²) in [5.41, 5.74) is 0. The highest BCUT2D eigenvalue weighted by molar-refractivity contribution is 7.09. The van der Waals surface area contributed by atoms with E-state index < -0.39 is 0 Å². The highest BCUT2D eigenvalue weighted by atomic mass is 32.1. The molecule has 5 nitrogen and oxygen atoms in total. The standard InChI is InChI=1S/C9H16N4OS/c1-6(2)11-8(14)4-5-10-9-12-7(3)13-15-9/h6H,4-5H2,1-3H3,(H,11,14)(H,10,12,13). The minimum absolute atomic E-state index is 0.0544. The minimum Gasteiger partial charge on any atom is -0.360 e. The van der Waals surface area contributed by atoms with E-state index in [0.29, 0.717) is 13.0 Å². The van der Waals surface area contributed by atoms with Gasteiger partial charge in [0.1, 0.15) is 5.82 Å². The Kier molecular flexibility index (Phi) is 4.48. The third-order valence-corrected chi connectivity index (χ3v) is 2.37. The summed E-state index contributed by atoms with van der Waals surface area (Å²) in [6.07, 6.45) is 0.455. The lowest BCUT2D eigenvalue weighted by molar-refractivity contribution is -0.121. The molecular formula is C9H16N4OS. The van der Waals surface area contributed by atoms with Crippen LogP contribution in [0.4, 0.5) is 5.13 Å². The van der Waals surface area contributed by atoms with Crippen molar-refractivity contribution in [3.63, 3.8) is 0 Å². The van der Waals surface area contributed by atoms with Crippen LogP contribution < -0.4 is 10.6 Å². The molecule has 2 N–H and O–H groups in total. The molecule has 0 bridgehead atoms. The third kappa shape index (κ3) is 4.73. The first-order valence-corrected chi connectivity index (χ1v) is 5.69. The summed E-state index contributed by atoms with van der Waals surface area (Å²) in [5.74, 6) is 0.813. The van der Waals surface area contributed by atoms with Gasteiger partial charge in [-0.15, -0.1) is 0 Å². The first kappa shape index (κ1) is 11.9. The second-order valence-corrected chi connectivity index (χ2v) is 4.30. The predicted octanol–water partition coefficient (Wildman–Crippen LogP) is 1.17. The fraction of sp³-hybridized carbons (Fsp3) is 0.667. The number of anilines is 1. The van der Waals surface area contributed by atoms with Gasteiger partial charge in [-0.3, -0.25) is 4.79 Å². The Bertz CT molecular complexity index is 324. The van der Waals surface area contributed by atoms with Crippen LogP contribution in [-0.2, 0) is 4.79 Å². The molecule has 1 aromatic rings. The molecular weight excluding hydrogens is 212 g/mol. The molecule has 1 rings (SSSR count). The summed E-state index contributed by atoms with van der Waals surface area (Å²) in [7, 11) is 0. The molecule has 1 heterocycles. The van der Waals surface area contributed by atoms with Crippen LogP contribution in [0.1, 0.15) is 26.1 Å². The van der Waals surface area contributed by atoms with Crippen LogP contribution in [0, 0.1) is 6.92 Å². The van der Waals surface area contributed by atoms with E-state index in [-0.39, 0.29) is 11.9 Å². The Balaban J connectivity index is 2.19. The Morgan fingerprint density at radius 3 is 2.80 bits per heavy atom. The van der Waals surface area contributed by atoms with Crippen molar-refractivity contribution in [1.82, 2.24) is 14.7 Å². The van der Waals surface area contributed by atoms with Gasteiger partial charge in [-0.05, 0) is 20.8 Å². The molecule has 0 fully saturated rings. The number of carbonyl (C=O) groups excluding carboxylic acids is 1. The average molecular weight is 228 g/mol. The molecule has 1 amide bonds. The number of aromatic nitrogens is 2. The summed E-state index contributed by atoms with van der Waals surface area (Å²) >= 11 is 1.31. The van der Waals surface area contributed by atoms with Gasteiger partial charge >= 0.3 is 0 Å². The van der Waals surface area contributed by atoms with Crippen LogP contribution in [0.5, 0.6) is 0 Å². The monoisotopic (exact) mass is 228 g/mol. The van der Waals surface area contributed by atoms with Crippen molar-refractivity contribution in [2.45, 2.75) is 33.2 Å². The lowest BCUT2D eigenvalue weighted by Crippen LogP contribution is -2.31. The quantitative estimate of drug-likeness (QED) is 0.794. The molecule has 0 spiro atoms. The van der Waals surface area contributed by atoms with Crippen molar-refractivity contribution in [2.75, 3.05) is 11.9 Å². The van der Waals surface area contributed by atoms with E-state index in [0.717, 1.165) is 11.0 Å². The Morgan fingerprint density at radius 2 is 2.27 bits per heavy atom. The molecule has 0 aromatic carbocycles. The molecule has 0 unspecified atom stereocenters. The Hall–Kier alpha value is -1.17. The summed E-state index contributed by atoms with van der Waals surface area (Å²) < 4.78 is 4.03. The van der Waals surface area contributed by atoms with Gasteiger partial charge in [0.15, 0.2) is 0 Å². The second kappa shape index (κ2) is 5.65. The van der Waals surface area contributed by atoms with Gasteiger partial charge in [0.05, 0.1) is 0 Å². The van der Waals surface area contributed by atoms with Crippen molar-refractivity contribution in [3.05, 3.63) is 5.82 Å². The first-order valence-electron chi connectivity index (χ1n) is 4.91. The van der Waals surface area contributed by atoms with Crippen LogP contribution in [0.2, 0.25) is 0 Å². The second-order valence-electron chi connectivity index (χ2n) is 3.55. The van der Waals surface area contributed by atoms with Crippen molar-refractivity contribution < 1.29 is 4.79 Å². The van der Waals surface area contributed by atoms with E-state index in [2.05, 4.69) is 20.0 Å². The zero-order valence-corrected chi connectivity index (χ0v) is 10.0. The molecule has 0 radical (unpaired) electrons. The summed E-state index contributed by atoms with van der Waals surface area (Å²) in [6.45, 7) is 6.32. The van der Waals surface area contributed by atoms with E-state index in [1.807, 2.05) is 20.8 Å². The highest BCUT2D eigenvalue weighted by Gasteiger charge is 2.03. The summed E-state index contributed by atoms with van der Waals surface area (Å²) in [4.78, 5) is 15.4. The molecule has 0 atom stereocenters. The third-order valence-electron chi connectivity index (χ3n) is 1.61. The van der Waals surface area contributed by atoms with Crippen LogP contribution >= 0.6 is 11.5 Å². The van der Waals surface area contributed by atoms with Crippen molar-refractivity contribution in [3.8, 4) is 0 Å². The number of aryl methyl sites for hydroxylation is 1. The number of carbonyl (C=O) groups is 1. The molecule has 0 saturated carbocycles. The van der Waals surface area contributed by atoms with Gasteiger partial charge in [0, 0.05) is 30.5 Å². The number of nitrogens with one attached hydrogen (secondary N) is 2. The molecule has 0 aliphatic heterocycles. The number of nitrogens with zero attached hydrogens (tertiary/aromatic N) is 2. The van der Waals surface area contributed by atoms with E-state index >= 15 is 0 Å².